The van der Waals surface area contributed by atoms with Gasteiger partial charge in [-0.25, -0.2) is 8.42 Å². The maximum atomic E-state index is 12.2. The first-order chi connectivity index (χ1) is 10.9. The number of aromatic nitrogens is 1. The lowest BCUT2D eigenvalue weighted by molar-refractivity contribution is -0.140. The number of nitrogens with zero attached hydrogens (tertiary/aromatic N) is 1. The lowest BCUT2D eigenvalue weighted by Gasteiger charge is -2.08. The summed E-state index contributed by atoms with van der Waals surface area (Å²) in [4.78, 5) is 26.7. The quantitative estimate of drug-likeness (QED) is 0.840. The number of nitrogens with one attached hydrogen (secondary N) is 1. The Kier molecular flexibility index (Phi) is 3.77. The highest BCUT2D eigenvalue weighted by molar-refractivity contribution is 7.89. The molecule has 0 aliphatic heterocycles. The summed E-state index contributed by atoms with van der Waals surface area (Å²) in [6.45, 7) is 0. The second-order valence-electron chi connectivity index (χ2n) is 5.50. The van der Waals surface area contributed by atoms with Crippen molar-refractivity contribution in [3.05, 3.63) is 42.1 Å². The Bertz CT molecular complexity index is 888. The standard InChI is InChI=1S/C15H14N2O5S/c18-14(11-7-12(11)15(19)20)17-23(21,22)8-10-4-1-3-9-5-2-6-16-13(9)10/h1-6,11-12H,7-8H2,(H,17,18)(H,19,20)/t11-,12-/m1/s1. The summed E-state index contributed by atoms with van der Waals surface area (Å²) in [5, 5.41) is 9.59. The van der Waals surface area contributed by atoms with Crippen molar-refractivity contribution in [1.29, 1.82) is 0 Å². The van der Waals surface area contributed by atoms with Crippen LogP contribution in [0.2, 0.25) is 0 Å². The molecule has 1 heterocycles. The predicted molar refractivity (Wildman–Crippen MR) is 81.7 cm³/mol. The van der Waals surface area contributed by atoms with Crippen LogP contribution in [-0.4, -0.2) is 30.4 Å². The van der Waals surface area contributed by atoms with E-state index in [-0.39, 0.29) is 6.42 Å². The van der Waals surface area contributed by atoms with Gasteiger partial charge in [-0.2, -0.15) is 0 Å². The lowest BCUT2D eigenvalue weighted by atomic mass is 10.1. The van der Waals surface area contributed by atoms with Gasteiger partial charge in [-0.05, 0) is 18.1 Å². The monoisotopic (exact) mass is 334 g/mol. The number of carboxylic acids is 1. The van der Waals surface area contributed by atoms with Crippen LogP contribution in [0.15, 0.2) is 36.5 Å². The number of sulfonamides is 1. The van der Waals surface area contributed by atoms with E-state index in [9.17, 15) is 18.0 Å². The van der Waals surface area contributed by atoms with E-state index in [1.54, 1.807) is 24.4 Å². The van der Waals surface area contributed by atoms with Crippen LogP contribution in [0.5, 0.6) is 0 Å². The fourth-order valence-corrected chi connectivity index (χ4v) is 3.68. The Balaban J connectivity index is 1.76. The smallest absolute Gasteiger partial charge is 0.307 e. The number of rotatable bonds is 5. The SMILES string of the molecule is O=C(O)[C@@H]1C[C@H]1C(=O)NS(=O)(=O)Cc1cccc2cccnc12. The third-order valence-electron chi connectivity index (χ3n) is 3.76. The van der Waals surface area contributed by atoms with Crippen LogP contribution in [0.25, 0.3) is 10.9 Å². The molecule has 8 heteroatoms. The topological polar surface area (TPSA) is 113 Å². The average molecular weight is 334 g/mol. The Hall–Kier alpha value is -2.48. The molecule has 0 spiro atoms. The molecule has 0 bridgehead atoms. The first kappa shape index (κ1) is 15.4. The van der Waals surface area contributed by atoms with Crippen LogP contribution >= 0.6 is 0 Å². The molecule has 2 N–H and O–H groups in total. The molecule has 1 aliphatic rings. The van der Waals surface area contributed by atoms with Gasteiger partial charge in [0, 0.05) is 11.6 Å². The molecule has 1 aromatic heterocycles. The minimum absolute atomic E-state index is 0.173. The lowest BCUT2D eigenvalue weighted by Crippen LogP contribution is -2.33. The Morgan fingerprint density at radius 1 is 1.22 bits per heavy atom. The van der Waals surface area contributed by atoms with Gasteiger partial charge in [0.05, 0.1) is 23.1 Å². The summed E-state index contributed by atoms with van der Waals surface area (Å²) in [5.74, 6) is -3.79. The Labute approximate surface area is 132 Å². The molecule has 120 valence electrons. The second-order valence-corrected chi connectivity index (χ2v) is 7.23. The third-order valence-corrected chi connectivity index (χ3v) is 4.97. The van der Waals surface area contributed by atoms with E-state index in [0.717, 1.165) is 5.39 Å². The average Bonchev–Trinajstić information content (AvgIpc) is 3.27. The van der Waals surface area contributed by atoms with Gasteiger partial charge in [0.25, 0.3) is 0 Å². The summed E-state index contributed by atoms with van der Waals surface area (Å²) in [6.07, 6.45) is 1.74. The number of para-hydroxylation sites is 1. The normalized spacial score (nSPS) is 20.2. The molecule has 2 atom stereocenters. The first-order valence-electron chi connectivity index (χ1n) is 6.97. The van der Waals surface area contributed by atoms with Crippen molar-refractivity contribution in [2.24, 2.45) is 11.8 Å². The fourth-order valence-electron chi connectivity index (χ4n) is 2.51. The maximum absolute atomic E-state index is 12.2. The van der Waals surface area contributed by atoms with Crippen molar-refractivity contribution in [1.82, 2.24) is 9.71 Å². The minimum atomic E-state index is -3.91. The molecule has 0 unspecified atom stereocenters. The Morgan fingerprint density at radius 2 is 1.96 bits per heavy atom. The predicted octanol–water partition coefficient (Wildman–Crippen LogP) is 0.901. The summed E-state index contributed by atoms with van der Waals surface area (Å²) in [7, 11) is -3.91. The molecule has 2 aromatic rings. The van der Waals surface area contributed by atoms with Gasteiger partial charge in [0.1, 0.15) is 0 Å². The number of amides is 1. The largest absolute Gasteiger partial charge is 0.481 e. The number of hydrogen-bond donors (Lipinski definition) is 2. The summed E-state index contributed by atoms with van der Waals surface area (Å²) < 4.78 is 26.3. The summed E-state index contributed by atoms with van der Waals surface area (Å²) >= 11 is 0. The van der Waals surface area contributed by atoms with Crippen molar-refractivity contribution in [2.75, 3.05) is 0 Å². The van der Waals surface area contributed by atoms with E-state index >= 15 is 0 Å². The molecule has 7 nitrogen and oxygen atoms in total. The number of fused-ring (bicyclic) bond motifs is 1. The summed E-state index contributed by atoms with van der Waals surface area (Å²) in [6, 6.07) is 8.74. The molecule has 1 fully saturated rings. The van der Waals surface area contributed by atoms with Crippen LogP contribution in [0.4, 0.5) is 0 Å². The van der Waals surface area contributed by atoms with E-state index < -0.39 is 39.5 Å². The second kappa shape index (κ2) is 5.62. The number of pyridine rings is 1. The zero-order valence-electron chi connectivity index (χ0n) is 12.0. The van der Waals surface area contributed by atoms with Gasteiger partial charge in [-0.1, -0.05) is 24.3 Å². The van der Waals surface area contributed by atoms with Crippen LogP contribution in [-0.2, 0) is 25.4 Å². The van der Waals surface area contributed by atoms with Crippen LogP contribution < -0.4 is 4.72 Å². The van der Waals surface area contributed by atoms with Crippen LogP contribution in [0, 0.1) is 11.8 Å². The molecule has 3 rings (SSSR count). The number of aliphatic carboxylic acids is 1. The van der Waals surface area contributed by atoms with Gasteiger partial charge in [-0.3, -0.25) is 19.3 Å². The molecular formula is C15H14N2O5S. The van der Waals surface area contributed by atoms with Crippen LogP contribution in [0.1, 0.15) is 12.0 Å². The van der Waals surface area contributed by atoms with Gasteiger partial charge in [0.2, 0.25) is 15.9 Å². The van der Waals surface area contributed by atoms with E-state index in [4.69, 9.17) is 5.11 Å². The highest BCUT2D eigenvalue weighted by Crippen LogP contribution is 2.38. The van der Waals surface area contributed by atoms with Crippen molar-refractivity contribution in [3.63, 3.8) is 0 Å². The fraction of sp³-hybridized carbons (Fsp3) is 0.267. The van der Waals surface area contributed by atoms with E-state index in [1.165, 1.54) is 0 Å². The molecular weight excluding hydrogens is 320 g/mol. The van der Waals surface area contributed by atoms with E-state index in [1.807, 2.05) is 16.9 Å². The highest BCUT2D eigenvalue weighted by Gasteiger charge is 2.49. The van der Waals surface area contributed by atoms with Crippen molar-refractivity contribution in [2.45, 2.75) is 12.2 Å². The van der Waals surface area contributed by atoms with Gasteiger partial charge in [0.15, 0.2) is 0 Å². The zero-order valence-corrected chi connectivity index (χ0v) is 12.8. The number of benzene rings is 1. The molecule has 1 amide bonds. The molecule has 0 radical (unpaired) electrons. The molecule has 1 aromatic carbocycles. The van der Waals surface area contributed by atoms with Crippen molar-refractivity contribution in [3.8, 4) is 0 Å². The number of hydrogen-bond acceptors (Lipinski definition) is 5. The highest BCUT2D eigenvalue weighted by atomic mass is 32.2. The zero-order chi connectivity index (χ0) is 16.6. The van der Waals surface area contributed by atoms with Gasteiger partial charge < -0.3 is 5.11 Å². The Morgan fingerprint density at radius 3 is 2.65 bits per heavy atom. The van der Waals surface area contributed by atoms with Crippen molar-refractivity contribution >= 4 is 32.8 Å². The third kappa shape index (κ3) is 3.31. The molecule has 23 heavy (non-hydrogen) atoms. The van der Waals surface area contributed by atoms with Crippen LogP contribution in [0.3, 0.4) is 0 Å². The van der Waals surface area contributed by atoms with E-state index in [2.05, 4.69) is 4.98 Å². The number of carbonyl (C=O) groups is 2. The molecule has 0 saturated heterocycles. The maximum Gasteiger partial charge on any atom is 0.307 e. The number of carbonyl (C=O) groups excluding carboxylic acids is 1. The minimum Gasteiger partial charge on any atom is -0.481 e. The molecule has 1 aliphatic carbocycles. The first-order valence-corrected chi connectivity index (χ1v) is 8.62. The van der Waals surface area contributed by atoms with E-state index in [0.29, 0.717) is 11.1 Å². The summed E-state index contributed by atoms with van der Waals surface area (Å²) in [5.41, 5.74) is 1.04. The molecule has 1 saturated carbocycles. The van der Waals surface area contributed by atoms with Gasteiger partial charge in [-0.15, -0.1) is 0 Å². The van der Waals surface area contributed by atoms with Gasteiger partial charge >= 0.3 is 5.97 Å². The number of carboxylic acid groups (broad SMARTS) is 1. The van der Waals surface area contributed by atoms with Crippen molar-refractivity contribution < 1.29 is 23.1 Å².